The summed E-state index contributed by atoms with van der Waals surface area (Å²) in [5, 5.41) is 2.79. The summed E-state index contributed by atoms with van der Waals surface area (Å²) in [7, 11) is 1.33. The average Bonchev–Trinajstić information content (AvgIpc) is 2.43. The molecule has 0 aliphatic carbocycles. The molecular formula is C15H21NO3. The first-order valence-electron chi connectivity index (χ1n) is 6.65. The van der Waals surface area contributed by atoms with E-state index in [9.17, 15) is 9.59 Å². The SMILES string of the molecule is CCCCCCC(=O)Nc1cccc(C(=O)OC)c1. The van der Waals surface area contributed by atoms with Crippen molar-refractivity contribution < 1.29 is 14.3 Å². The fraction of sp³-hybridized carbons (Fsp3) is 0.467. The van der Waals surface area contributed by atoms with Crippen LogP contribution in [0.2, 0.25) is 0 Å². The molecule has 0 fully saturated rings. The van der Waals surface area contributed by atoms with Gasteiger partial charge >= 0.3 is 5.97 Å². The highest BCUT2D eigenvalue weighted by Gasteiger charge is 2.07. The van der Waals surface area contributed by atoms with Crippen molar-refractivity contribution in [3.8, 4) is 0 Å². The summed E-state index contributed by atoms with van der Waals surface area (Å²) in [5.41, 5.74) is 1.06. The second-order valence-electron chi connectivity index (χ2n) is 4.43. The summed E-state index contributed by atoms with van der Waals surface area (Å²) in [6, 6.07) is 6.76. The fourth-order valence-electron chi connectivity index (χ4n) is 1.78. The van der Waals surface area contributed by atoms with Crippen LogP contribution in [-0.2, 0) is 9.53 Å². The van der Waals surface area contributed by atoms with E-state index in [1.54, 1.807) is 24.3 Å². The van der Waals surface area contributed by atoms with Gasteiger partial charge in [0.25, 0.3) is 0 Å². The van der Waals surface area contributed by atoms with Crippen molar-refractivity contribution >= 4 is 17.6 Å². The number of amides is 1. The van der Waals surface area contributed by atoms with Crippen molar-refractivity contribution in [2.75, 3.05) is 12.4 Å². The molecule has 0 heterocycles. The number of esters is 1. The number of benzene rings is 1. The van der Waals surface area contributed by atoms with E-state index in [1.807, 2.05) is 0 Å². The van der Waals surface area contributed by atoms with Crippen LogP contribution in [0.5, 0.6) is 0 Å². The first kappa shape index (κ1) is 15.2. The maximum atomic E-state index is 11.7. The molecule has 0 atom stereocenters. The Kier molecular flexibility index (Phi) is 6.64. The first-order chi connectivity index (χ1) is 9.17. The van der Waals surface area contributed by atoms with Crippen LogP contribution in [0.4, 0.5) is 5.69 Å². The molecule has 0 saturated carbocycles. The molecule has 0 saturated heterocycles. The quantitative estimate of drug-likeness (QED) is 0.606. The van der Waals surface area contributed by atoms with Crippen LogP contribution in [0.15, 0.2) is 24.3 Å². The van der Waals surface area contributed by atoms with Crippen LogP contribution >= 0.6 is 0 Å². The van der Waals surface area contributed by atoms with Gasteiger partial charge in [-0.3, -0.25) is 4.79 Å². The highest BCUT2D eigenvalue weighted by atomic mass is 16.5. The Balaban J connectivity index is 2.48. The smallest absolute Gasteiger partial charge is 0.337 e. The second-order valence-corrected chi connectivity index (χ2v) is 4.43. The van der Waals surface area contributed by atoms with Crippen LogP contribution in [0.25, 0.3) is 0 Å². The third kappa shape index (κ3) is 5.55. The molecule has 4 heteroatoms. The maximum absolute atomic E-state index is 11.7. The largest absolute Gasteiger partial charge is 0.465 e. The molecule has 0 unspecified atom stereocenters. The number of hydrogen-bond acceptors (Lipinski definition) is 3. The lowest BCUT2D eigenvalue weighted by molar-refractivity contribution is -0.116. The summed E-state index contributed by atoms with van der Waals surface area (Å²) in [5.74, 6) is -0.419. The maximum Gasteiger partial charge on any atom is 0.337 e. The predicted molar refractivity (Wildman–Crippen MR) is 75.2 cm³/mol. The molecule has 4 nitrogen and oxygen atoms in total. The molecule has 0 spiro atoms. The fourth-order valence-corrected chi connectivity index (χ4v) is 1.78. The molecule has 1 amide bonds. The van der Waals surface area contributed by atoms with Crippen molar-refractivity contribution in [3.63, 3.8) is 0 Å². The third-order valence-electron chi connectivity index (χ3n) is 2.82. The molecule has 1 N–H and O–H groups in total. The Morgan fingerprint density at radius 3 is 2.68 bits per heavy atom. The molecule has 0 aliphatic rings. The second kappa shape index (κ2) is 8.29. The standard InChI is InChI=1S/C15H21NO3/c1-3-4-5-6-10-14(17)16-13-9-7-8-12(11-13)15(18)19-2/h7-9,11H,3-6,10H2,1-2H3,(H,16,17). The molecule has 0 aliphatic heterocycles. The van der Waals surface area contributed by atoms with E-state index >= 15 is 0 Å². The van der Waals surface area contributed by atoms with Crippen molar-refractivity contribution in [1.82, 2.24) is 0 Å². The summed E-state index contributed by atoms with van der Waals surface area (Å²) in [4.78, 5) is 23.1. The summed E-state index contributed by atoms with van der Waals surface area (Å²) in [6.45, 7) is 2.14. The van der Waals surface area contributed by atoms with Crippen LogP contribution in [-0.4, -0.2) is 19.0 Å². The third-order valence-corrected chi connectivity index (χ3v) is 2.82. The zero-order chi connectivity index (χ0) is 14.1. The lowest BCUT2D eigenvalue weighted by Gasteiger charge is -2.06. The molecular weight excluding hydrogens is 242 g/mol. The van der Waals surface area contributed by atoms with E-state index in [-0.39, 0.29) is 5.91 Å². The van der Waals surface area contributed by atoms with Crippen molar-refractivity contribution in [2.24, 2.45) is 0 Å². The van der Waals surface area contributed by atoms with Gasteiger partial charge < -0.3 is 10.1 Å². The Morgan fingerprint density at radius 1 is 1.21 bits per heavy atom. The Bertz CT molecular complexity index is 429. The monoisotopic (exact) mass is 263 g/mol. The average molecular weight is 263 g/mol. The van der Waals surface area contributed by atoms with Crippen molar-refractivity contribution in [1.29, 1.82) is 0 Å². The number of unbranched alkanes of at least 4 members (excludes halogenated alkanes) is 3. The van der Waals surface area contributed by atoms with Gasteiger partial charge in [0, 0.05) is 12.1 Å². The lowest BCUT2D eigenvalue weighted by Crippen LogP contribution is -2.11. The number of carbonyl (C=O) groups excluding carboxylic acids is 2. The molecule has 19 heavy (non-hydrogen) atoms. The van der Waals surface area contributed by atoms with Crippen LogP contribution < -0.4 is 5.32 Å². The van der Waals surface area contributed by atoms with Gasteiger partial charge in [-0.15, -0.1) is 0 Å². The summed E-state index contributed by atoms with van der Waals surface area (Å²) < 4.78 is 4.64. The Hall–Kier alpha value is -1.84. The number of rotatable bonds is 7. The molecule has 0 radical (unpaired) electrons. The molecule has 1 aromatic rings. The number of methoxy groups -OCH3 is 1. The predicted octanol–water partition coefficient (Wildman–Crippen LogP) is 3.38. The van der Waals surface area contributed by atoms with Gasteiger partial charge in [0.15, 0.2) is 0 Å². The molecule has 1 rings (SSSR count). The minimum Gasteiger partial charge on any atom is -0.465 e. The first-order valence-corrected chi connectivity index (χ1v) is 6.65. The number of hydrogen-bond donors (Lipinski definition) is 1. The minimum absolute atomic E-state index is 0.0156. The van der Waals surface area contributed by atoms with E-state index < -0.39 is 5.97 Å². The number of anilines is 1. The van der Waals surface area contributed by atoms with Gasteiger partial charge in [-0.25, -0.2) is 4.79 Å². The van der Waals surface area contributed by atoms with Gasteiger partial charge in [-0.05, 0) is 24.6 Å². The lowest BCUT2D eigenvalue weighted by atomic mass is 10.1. The van der Waals surface area contributed by atoms with Crippen LogP contribution in [0, 0.1) is 0 Å². The van der Waals surface area contributed by atoms with E-state index in [2.05, 4.69) is 17.0 Å². The highest BCUT2D eigenvalue weighted by Crippen LogP contribution is 2.12. The molecule has 1 aromatic carbocycles. The normalized spacial score (nSPS) is 10.0. The van der Waals surface area contributed by atoms with Crippen molar-refractivity contribution in [2.45, 2.75) is 39.0 Å². The van der Waals surface area contributed by atoms with E-state index in [4.69, 9.17) is 0 Å². The van der Waals surface area contributed by atoms with Crippen LogP contribution in [0.1, 0.15) is 49.4 Å². The van der Waals surface area contributed by atoms with Gasteiger partial charge in [0.2, 0.25) is 5.91 Å². The summed E-state index contributed by atoms with van der Waals surface area (Å²) >= 11 is 0. The number of carbonyl (C=O) groups is 2. The minimum atomic E-state index is -0.404. The van der Waals surface area contributed by atoms with Crippen LogP contribution in [0.3, 0.4) is 0 Å². The van der Waals surface area contributed by atoms with E-state index in [1.165, 1.54) is 7.11 Å². The van der Waals surface area contributed by atoms with E-state index in [0.717, 1.165) is 25.7 Å². The van der Waals surface area contributed by atoms with Crippen molar-refractivity contribution in [3.05, 3.63) is 29.8 Å². The van der Waals surface area contributed by atoms with E-state index in [0.29, 0.717) is 17.7 Å². The Labute approximate surface area is 114 Å². The highest BCUT2D eigenvalue weighted by molar-refractivity contribution is 5.94. The number of nitrogens with one attached hydrogen (secondary N) is 1. The zero-order valence-electron chi connectivity index (χ0n) is 11.6. The zero-order valence-corrected chi connectivity index (χ0v) is 11.6. The Morgan fingerprint density at radius 2 is 2.00 bits per heavy atom. The summed E-state index contributed by atoms with van der Waals surface area (Å²) in [6.07, 6.45) is 4.80. The van der Waals surface area contributed by atoms with Gasteiger partial charge in [0.05, 0.1) is 12.7 Å². The van der Waals surface area contributed by atoms with Gasteiger partial charge in [-0.1, -0.05) is 32.3 Å². The topological polar surface area (TPSA) is 55.4 Å². The molecule has 0 aromatic heterocycles. The molecule has 0 bridgehead atoms. The van der Waals surface area contributed by atoms with Gasteiger partial charge in [0.1, 0.15) is 0 Å². The number of ether oxygens (including phenoxy) is 1. The van der Waals surface area contributed by atoms with Gasteiger partial charge in [-0.2, -0.15) is 0 Å². The molecule has 104 valence electrons.